The second-order valence-electron chi connectivity index (χ2n) is 7.32. The minimum Gasteiger partial charge on any atom is -0.505 e. The largest absolute Gasteiger partial charge is 0.505 e. The van der Waals surface area contributed by atoms with Gasteiger partial charge in [-0.2, -0.15) is 0 Å². The van der Waals surface area contributed by atoms with Gasteiger partial charge in [-0.05, 0) is 47.5 Å². The molecule has 0 aromatic heterocycles. The molecule has 0 bridgehead atoms. The highest BCUT2D eigenvalue weighted by molar-refractivity contribution is 5.91. The van der Waals surface area contributed by atoms with Gasteiger partial charge in [0.25, 0.3) is 0 Å². The monoisotopic (exact) mass is 454 g/mol. The number of carboxylic acid groups (broad SMARTS) is 2. The molecule has 0 heterocycles. The third-order valence-corrected chi connectivity index (χ3v) is 5.14. The topological polar surface area (TPSA) is 140 Å². The van der Waals surface area contributed by atoms with Crippen LogP contribution in [0.2, 0.25) is 0 Å². The van der Waals surface area contributed by atoms with Crippen molar-refractivity contribution in [3.8, 4) is 33.8 Å². The average Bonchev–Trinajstić information content (AvgIpc) is 2.84. The summed E-state index contributed by atoms with van der Waals surface area (Å²) in [6, 6.07) is 21.9. The molecule has 0 fully saturated rings. The molecule has 4 rings (SSSR count). The van der Waals surface area contributed by atoms with Gasteiger partial charge in [0, 0.05) is 11.1 Å². The number of aromatic carboxylic acids is 2. The molecule has 0 aliphatic heterocycles. The van der Waals surface area contributed by atoms with Gasteiger partial charge < -0.3 is 20.4 Å². The molecule has 4 aromatic rings. The van der Waals surface area contributed by atoms with Gasteiger partial charge in [0.1, 0.15) is 11.4 Å². The maximum atomic E-state index is 11.3. The fourth-order valence-corrected chi connectivity index (χ4v) is 3.44. The van der Waals surface area contributed by atoms with E-state index in [1.54, 1.807) is 48.5 Å². The third-order valence-electron chi connectivity index (χ3n) is 5.14. The van der Waals surface area contributed by atoms with E-state index in [1.165, 1.54) is 36.4 Å². The minimum atomic E-state index is -1.08. The van der Waals surface area contributed by atoms with Crippen molar-refractivity contribution in [1.29, 1.82) is 0 Å². The smallest absolute Gasteiger partial charge is 0.335 e. The Morgan fingerprint density at radius 2 is 0.941 bits per heavy atom. The number of phenols is 2. The lowest BCUT2D eigenvalue weighted by molar-refractivity contribution is 0.0686. The van der Waals surface area contributed by atoms with Crippen LogP contribution < -0.4 is 0 Å². The Bertz CT molecular complexity index is 1340. The van der Waals surface area contributed by atoms with Gasteiger partial charge in [-0.15, -0.1) is 10.2 Å². The van der Waals surface area contributed by atoms with Crippen molar-refractivity contribution in [2.75, 3.05) is 0 Å². The van der Waals surface area contributed by atoms with E-state index in [4.69, 9.17) is 0 Å². The SMILES string of the molecule is O=C(O)c1cccc(-c2cccc(N=Nc3cccc(-c4cccc(C(=O)O)c4)c3O)c2O)c1. The number of aromatic hydroxyl groups is 2. The van der Waals surface area contributed by atoms with Crippen molar-refractivity contribution in [3.63, 3.8) is 0 Å². The van der Waals surface area contributed by atoms with E-state index in [-0.39, 0.29) is 34.0 Å². The van der Waals surface area contributed by atoms with Crippen LogP contribution in [0.1, 0.15) is 20.7 Å². The molecule has 0 spiro atoms. The molecule has 0 aliphatic rings. The summed E-state index contributed by atoms with van der Waals surface area (Å²) in [6.45, 7) is 0. The third kappa shape index (κ3) is 4.46. The fourth-order valence-electron chi connectivity index (χ4n) is 3.44. The number of para-hydroxylation sites is 2. The number of hydrogen-bond acceptors (Lipinski definition) is 6. The van der Waals surface area contributed by atoms with E-state index in [2.05, 4.69) is 10.2 Å². The summed E-state index contributed by atoms with van der Waals surface area (Å²) in [6.07, 6.45) is 0. The summed E-state index contributed by atoms with van der Waals surface area (Å²) in [7, 11) is 0. The van der Waals surface area contributed by atoms with Crippen LogP contribution in [0, 0.1) is 0 Å². The van der Waals surface area contributed by atoms with Crippen molar-refractivity contribution < 1.29 is 30.0 Å². The van der Waals surface area contributed by atoms with Gasteiger partial charge in [0.15, 0.2) is 11.5 Å². The zero-order valence-corrected chi connectivity index (χ0v) is 17.6. The highest BCUT2D eigenvalue weighted by Crippen LogP contribution is 2.41. The second-order valence-corrected chi connectivity index (χ2v) is 7.32. The molecule has 0 unspecified atom stereocenters. The molecule has 0 saturated heterocycles. The van der Waals surface area contributed by atoms with E-state index < -0.39 is 11.9 Å². The summed E-state index contributed by atoms with van der Waals surface area (Å²) < 4.78 is 0. The Morgan fingerprint density at radius 3 is 1.32 bits per heavy atom. The molecular weight excluding hydrogens is 436 g/mol. The van der Waals surface area contributed by atoms with E-state index in [0.717, 1.165) is 0 Å². The van der Waals surface area contributed by atoms with Gasteiger partial charge in [0.2, 0.25) is 0 Å². The molecule has 0 amide bonds. The summed E-state index contributed by atoms with van der Waals surface area (Å²) in [5, 5.41) is 48.0. The van der Waals surface area contributed by atoms with Crippen LogP contribution in [-0.2, 0) is 0 Å². The number of rotatable bonds is 6. The Hall–Kier alpha value is -4.98. The van der Waals surface area contributed by atoms with Gasteiger partial charge in [-0.1, -0.05) is 48.5 Å². The maximum absolute atomic E-state index is 11.3. The first-order chi connectivity index (χ1) is 16.3. The van der Waals surface area contributed by atoms with Gasteiger partial charge in [-0.25, -0.2) is 9.59 Å². The second kappa shape index (κ2) is 9.25. The lowest BCUT2D eigenvalue weighted by Crippen LogP contribution is -1.95. The molecule has 8 heteroatoms. The molecule has 4 aromatic carbocycles. The fraction of sp³-hybridized carbons (Fsp3) is 0. The Kier molecular flexibility index (Phi) is 6.05. The van der Waals surface area contributed by atoms with E-state index in [0.29, 0.717) is 22.3 Å². The van der Waals surface area contributed by atoms with Crippen molar-refractivity contribution in [2.24, 2.45) is 10.2 Å². The standard InChI is InChI=1S/C26H18N2O6/c29-23-19(15-5-1-7-17(13-15)25(31)32)9-3-11-21(23)27-28-22-12-4-10-20(24(22)30)16-6-2-8-18(14-16)26(33)34/h1-14,29-30H,(H,31,32)(H,33,34). The van der Waals surface area contributed by atoms with E-state index in [9.17, 15) is 30.0 Å². The number of nitrogens with zero attached hydrogens (tertiary/aromatic N) is 2. The van der Waals surface area contributed by atoms with Gasteiger partial charge in [-0.3, -0.25) is 0 Å². The quantitative estimate of drug-likeness (QED) is 0.254. The van der Waals surface area contributed by atoms with Crippen LogP contribution in [0.5, 0.6) is 11.5 Å². The highest BCUT2D eigenvalue weighted by Gasteiger charge is 2.13. The van der Waals surface area contributed by atoms with Crippen molar-refractivity contribution in [2.45, 2.75) is 0 Å². The highest BCUT2D eigenvalue weighted by atomic mass is 16.4. The predicted octanol–water partition coefficient (Wildman–Crippen LogP) is 6.24. The molecule has 0 aliphatic carbocycles. The number of carbonyl (C=O) groups is 2. The minimum absolute atomic E-state index is 0.0811. The molecular formula is C26H18N2O6. The van der Waals surface area contributed by atoms with Gasteiger partial charge in [0.05, 0.1) is 11.1 Å². The Labute approximate surface area is 193 Å². The summed E-state index contributed by atoms with van der Waals surface area (Å²) in [5.41, 5.74) is 2.16. The molecule has 168 valence electrons. The number of phenolic OH excluding ortho intramolecular Hbond substituents is 2. The zero-order chi connectivity index (χ0) is 24.2. The van der Waals surface area contributed by atoms with Crippen LogP contribution >= 0.6 is 0 Å². The number of benzene rings is 4. The molecule has 4 N–H and O–H groups in total. The van der Waals surface area contributed by atoms with Crippen LogP contribution in [-0.4, -0.2) is 32.4 Å². The molecule has 34 heavy (non-hydrogen) atoms. The van der Waals surface area contributed by atoms with E-state index >= 15 is 0 Å². The molecule has 0 saturated carbocycles. The number of carboxylic acids is 2. The van der Waals surface area contributed by atoms with Crippen molar-refractivity contribution in [3.05, 3.63) is 96.1 Å². The Balaban J connectivity index is 1.69. The summed E-state index contributed by atoms with van der Waals surface area (Å²) >= 11 is 0. The number of hydrogen-bond donors (Lipinski definition) is 4. The Morgan fingerprint density at radius 1 is 0.559 bits per heavy atom. The predicted molar refractivity (Wildman–Crippen MR) is 125 cm³/mol. The first-order valence-electron chi connectivity index (χ1n) is 10.1. The lowest BCUT2D eigenvalue weighted by Gasteiger charge is -2.09. The lowest BCUT2D eigenvalue weighted by atomic mass is 10.0. The van der Waals surface area contributed by atoms with E-state index in [1.807, 2.05) is 0 Å². The van der Waals surface area contributed by atoms with Crippen LogP contribution in [0.25, 0.3) is 22.3 Å². The first kappa shape index (κ1) is 22.2. The number of azo groups is 1. The molecule has 0 atom stereocenters. The van der Waals surface area contributed by atoms with Crippen LogP contribution in [0.15, 0.2) is 95.2 Å². The average molecular weight is 454 g/mol. The molecule has 0 radical (unpaired) electrons. The van der Waals surface area contributed by atoms with Crippen molar-refractivity contribution >= 4 is 23.3 Å². The van der Waals surface area contributed by atoms with Gasteiger partial charge >= 0.3 is 11.9 Å². The zero-order valence-electron chi connectivity index (χ0n) is 17.6. The van der Waals surface area contributed by atoms with Crippen molar-refractivity contribution in [1.82, 2.24) is 0 Å². The van der Waals surface area contributed by atoms with Crippen LogP contribution in [0.3, 0.4) is 0 Å². The summed E-state index contributed by atoms with van der Waals surface area (Å²) in [4.78, 5) is 22.5. The molecule has 8 nitrogen and oxygen atoms in total. The normalized spacial score (nSPS) is 10.9. The summed E-state index contributed by atoms with van der Waals surface area (Å²) in [5.74, 6) is -2.56. The van der Waals surface area contributed by atoms with Crippen LogP contribution in [0.4, 0.5) is 11.4 Å². The maximum Gasteiger partial charge on any atom is 0.335 e. The first-order valence-corrected chi connectivity index (χ1v) is 10.1.